The predicted octanol–water partition coefficient (Wildman–Crippen LogP) is 7.80. The largest absolute Gasteiger partial charge is 0.160 e. The summed E-state index contributed by atoms with van der Waals surface area (Å²) in [4.78, 5) is 0. The lowest BCUT2D eigenvalue weighted by Gasteiger charge is -2.35. The Balaban J connectivity index is 1.26. The van der Waals surface area contributed by atoms with Gasteiger partial charge in [0.25, 0.3) is 0 Å². The molecule has 0 atom stereocenters. The average Bonchev–Trinajstić information content (AvgIpc) is 2.59. The Bertz CT molecular complexity index is 427. The minimum atomic E-state index is 0.345. The third-order valence-electron chi connectivity index (χ3n) is 4.84. The summed E-state index contributed by atoms with van der Waals surface area (Å²) in [6.07, 6.45) is 0. The fraction of sp³-hybridized carbons (Fsp3) is 1.00. The highest BCUT2D eigenvalue weighted by Gasteiger charge is 2.35. The van der Waals surface area contributed by atoms with Crippen LogP contribution in [-0.4, -0.2) is 96.5 Å². The van der Waals surface area contributed by atoms with Crippen molar-refractivity contribution in [3.05, 3.63) is 0 Å². The van der Waals surface area contributed by atoms with E-state index in [2.05, 4.69) is 141 Å². The number of hydrogen-bond acceptors (Lipinski definition) is 12. The first kappa shape index (κ1) is 27.2. The molecule has 4 rings (SSSR count). The molecule has 0 amide bonds. The van der Waals surface area contributed by atoms with Crippen molar-refractivity contribution >= 4 is 141 Å². The molecule has 174 valence electrons. The zero-order valence-electron chi connectivity index (χ0n) is 16.9. The summed E-state index contributed by atoms with van der Waals surface area (Å²) in [6, 6.07) is 0. The van der Waals surface area contributed by atoms with E-state index in [1.54, 1.807) is 0 Å². The molecule has 0 nitrogen and oxygen atoms in total. The second-order valence-electron chi connectivity index (χ2n) is 7.24. The Morgan fingerprint density at radius 3 is 1.13 bits per heavy atom. The molecule has 0 aromatic carbocycles. The lowest BCUT2D eigenvalue weighted by molar-refractivity contribution is 1.09. The molecule has 4 saturated heterocycles. The molecule has 4 heterocycles. The molecule has 12 heteroatoms. The summed E-state index contributed by atoms with van der Waals surface area (Å²) >= 11 is 26.5. The normalized spacial score (nSPS) is 23.6. The van der Waals surface area contributed by atoms with Crippen molar-refractivity contribution in [3.63, 3.8) is 0 Å². The highest BCUT2D eigenvalue weighted by Crippen LogP contribution is 2.54. The van der Waals surface area contributed by atoms with Gasteiger partial charge in [0.1, 0.15) is 3.41 Å². The smallest absolute Gasteiger partial charge is 0.118 e. The van der Waals surface area contributed by atoms with Gasteiger partial charge < -0.3 is 0 Å². The molecular formula is C18H30S12. The zero-order valence-corrected chi connectivity index (χ0v) is 26.7. The monoisotopic (exact) mass is 630 g/mol. The fourth-order valence-corrected chi connectivity index (χ4v) is 21.9. The van der Waals surface area contributed by atoms with E-state index >= 15 is 0 Å². The second kappa shape index (κ2) is 15.5. The predicted molar refractivity (Wildman–Crippen MR) is 172 cm³/mol. The first-order valence-corrected chi connectivity index (χ1v) is 23.0. The van der Waals surface area contributed by atoms with Crippen LogP contribution in [0.4, 0.5) is 0 Å². The van der Waals surface area contributed by atoms with Crippen LogP contribution in [0.5, 0.6) is 0 Å². The molecule has 0 aromatic heterocycles. The van der Waals surface area contributed by atoms with Gasteiger partial charge in [0.05, 0.1) is 0 Å². The number of hydrogen-bond donors (Lipinski definition) is 0. The van der Waals surface area contributed by atoms with E-state index < -0.39 is 0 Å². The summed E-state index contributed by atoms with van der Waals surface area (Å²) in [6.45, 7) is 0. The molecule has 0 bridgehead atoms. The molecule has 0 radical (unpaired) electrons. The van der Waals surface area contributed by atoms with Crippen LogP contribution in [0.25, 0.3) is 0 Å². The van der Waals surface area contributed by atoms with E-state index in [1.807, 2.05) is 0 Å². The van der Waals surface area contributed by atoms with Gasteiger partial charge in [-0.25, -0.2) is 0 Å². The van der Waals surface area contributed by atoms with Crippen molar-refractivity contribution in [3.8, 4) is 0 Å². The second-order valence-corrected chi connectivity index (χ2v) is 23.7. The maximum Gasteiger partial charge on any atom is 0.118 e. The van der Waals surface area contributed by atoms with Gasteiger partial charge >= 0.3 is 0 Å². The Morgan fingerprint density at radius 1 is 0.500 bits per heavy atom. The molecule has 0 saturated carbocycles. The van der Waals surface area contributed by atoms with Crippen molar-refractivity contribution in [2.75, 3.05) is 72.1 Å². The molecule has 4 fully saturated rings. The first-order chi connectivity index (χ1) is 14.8. The molecule has 30 heavy (non-hydrogen) atoms. The van der Waals surface area contributed by atoms with Crippen LogP contribution < -0.4 is 0 Å². The van der Waals surface area contributed by atoms with Crippen LogP contribution in [0.1, 0.15) is 0 Å². The van der Waals surface area contributed by atoms with Crippen molar-refractivity contribution in [1.29, 1.82) is 0 Å². The van der Waals surface area contributed by atoms with E-state index in [0.717, 1.165) is 21.0 Å². The standard InChI is InChI=1S/C18H30S12/c1-14(2-19-1)24-10-23-9-18(28-11-25-15-3-20-4-15,29-12-26-16-5-21-6-16)30-13-27-17-7-22-8-17/h14-17H,1-13H2. The van der Waals surface area contributed by atoms with E-state index in [1.165, 1.54) is 72.1 Å². The van der Waals surface area contributed by atoms with E-state index in [0.29, 0.717) is 3.41 Å². The van der Waals surface area contributed by atoms with Gasteiger partial charge in [0.15, 0.2) is 0 Å². The minimum Gasteiger partial charge on any atom is -0.160 e. The zero-order chi connectivity index (χ0) is 20.5. The number of rotatable bonds is 17. The average molecular weight is 631 g/mol. The van der Waals surface area contributed by atoms with Crippen LogP contribution in [0, 0.1) is 0 Å². The van der Waals surface area contributed by atoms with Gasteiger partial charge in [-0.15, -0.1) is 94.1 Å². The molecule has 4 aliphatic rings. The third kappa shape index (κ3) is 9.58. The third-order valence-corrected chi connectivity index (χ3v) is 24.2. The Morgan fingerprint density at radius 2 is 0.833 bits per heavy atom. The van der Waals surface area contributed by atoms with Crippen LogP contribution in [0.3, 0.4) is 0 Å². The fourth-order valence-electron chi connectivity index (χ4n) is 2.46. The van der Waals surface area contributed by atoms with E-state index in [9.17, 15) is 0 Å². The lowest BCUT2D eigenvalue weighted by atomic mass is 10.5. The molecule has 4 aliphatic heterocycles. The highest BCUT2D eigenvalue weighted by atomic mass is 32.3. The summed E-state index contributed by atoms with van der Waals surface area (Å²) in [5.74, 6) is 12.4. The van der Waals surface area contributed by atoms with Crippen LogP contribution >= 0.6 is 141 Å². The van der Waals surface area contributed by atoms with Gasteiger partial charge in [-0.2, -0.15) is 47.0 Å². The number of thioether (sulfide) groups is 12. The molecule has 0 unspecified atom stereocenters. The maximum atomic E-state index is 2.29. The summed E-state index contributed by atoms with van der Waals surface area (Å²) in [5.41, 5.74) is 0. The van der Waals surface area contributed by atoms with Crippen molar-refractivity contribution in [2.24, 2.45) is 0 Å². The molecule has 0 N–H and O–H groups in total. The van der Waals surface area contributed by atoms with Gasteiger partial charge in [0, 0.05) is 93.1 Å². The van der Waals surface area contributed by atoms with Crippen molar-refractivity contribution < 1.29 is 0 Å². The molecule has 0 aromatic rings. The Kier molecular flexibility index (Phi) is 14.0. The van der Waals surface area contributed by atoms with Crippen LogP contribution in [0.15, 0.2) is 0 Å². The summed E-state index contributed by atoms with van der Waals surface area (Å²) in [7, 11) is 0. The molecular weight excluding hydrogens is 601 g/mol. The van der Waals surface area contributed by atoms with Gasteiger partial charge in [-0.1, -0.05) is 0 Å². The van der Waals surface area contributed by atoms with Crippen LogP contribution in [0.2, 0.25) is 0 Å². The SMILES string of the molecule is C(SCC(SCSC1CSC1)(SCSC1CSC1)SCSC1CSC1)SC1CSC1. The van der Waals surface area contributed by atoms with E-state index in [4.69, 9.17) is 0 Å². The topological polar surface area (TPSA) is 0 Å². The Labute approximate surface area is 234 Å². The molecule has 0 aliphatic carbocycles. The lowest BCUT2D eigenvalue weighted by Crippen LogP contribution is -2.26. The van der Waals surface area contributed by atoms with Crippen molar-refractivity contribution in [1.82, 2.24) is 0 Å². The quantitative estimate of drug-likeness (QED) is 0.114. The minimum absolute atomic E-state index is 0.345. The van der Waals surface area contributed by atoms with Gasteiger partial charge in [-0.05, 0) is 0 Å². The van der Waals surface area contributed by atoms with Crippen molar-refractivity contribution in [2.45, 2.75) is 24.4 Å². The van der Waals surface area contributed by atoms with Gasteiger partial charge in [0.2, 0.25) is 0 Å². The molecule has 0 spiro atoms. The van der Waals surface area contributed by atoms with Crippen LogP contribution in [-0.2, 0) is 0 Å². The summed E-state index contributed by atoms with van der Waals surface area (Å²) in [5, 5.41) is 8.87. The maximum absolute atomic E-state index is 2.29. The first-order valence-electron chi connectivity index (χ1n) is 10.1. The van der Waals surface area contributed by atoms with Gasteiger partial charge in [-0.3, -0.25) is 0 Å². The summed E-state index contributed by atoms with van der Waals surface area (Å²) < 4.78 is 0.345. The highest BCUT2D eigenvalue weighted by molar-refractivity contribution is 8.41. The Hall–Kier alpha value is 4.20. The van der Waals surface area contributed by atoms with E-state index in [-0.39, 0.29) is 0 Å².